The van der Waals surface area contributed by atoms with Crippen molar-refractivity contribution in [2.45, 2.75) is 58.8 Å². The topological polar surface area (TPSA) is 38.3 Å². The quantitative estimate of drug-likeness (QED) is 0.819. The summed E-state index contributed by atoms with van der Waals surface area (Å²) in [7, 11) is 1.68. The molecule has 0 heterocycles. The van der Waals surface area contributed by atoms with E-state index < -0.39 is 0 Å². The summed E-state index contributed by atoms with van der Waals surface area (Å²) >= 11 is 0. The molecule has 0 aromatic heterocycles. The molecule has 3 heteroatoms. The Morgan fingerprint density at radius 1 is 1.23 bits per heavy atom. The molecule has 0 aliphatic heterocycles. The van der Waals surface area contributed by atoms with Crippen LogP contribution >= 0.6 is 0 Å². The molecule has 0 atom stereocenters. The summed E-state index contributed by atoms with van der Waals surface area (Å²) in [4.78, 5) is 12.4. The van der Waals surface area contributed by atoms with E-state index in [-0.39, 0.29) is 11.8 Å². The Kier molecular flexibility index (Phi) is 6.29. The zero-order valence-corrected chi connectivity index (χ0v) is 14.2. The molecule has 1 aliphatic carbocycles. The zero-order chi connectivity index (χ0) is 15.9. The minimum atomic E-state index is 0.168. The summed E-state index contributed by atoms with van der Waals surface area (Å²) in [6, 6.07) is 5.94. The minimum Gasteiger partial charge on any atom is -0.496 e. The van der Waals surface area contributed by atoms with Gasteiger partial charge in [-0.2, -0.15) is 0 Å². The van der Waals surface area contributed by atoms with Crippen molar-refractivity contribution in [2.24, 2.45) is 11.8 Å². The molecule has 22 heavy (non-hydrogen) atoms. The number of ether oxygens (including phenoxy) is 1. The molecule has 1 saturated carbocycles. The lowest BCUT2D eigenvalue weighted by atomic mass is 9.80. The van der Waals surface area contributed by atoms with E-state index in [1.165, 1.54) is 31.2 Å². The molecule has 0 unspecified atom stereocenters. The summed E-state index contributed by atoms with van der Waals surface area (Å²) in [5.74, 6) is 2.02. The normalized spacial score (nSPS) is 21.4. The first kappa shape index (κ1) is 16.9. The third-order valence-corrected chi connectivity index (χ3v) is 4.85. The predicted octanol–water partition coefficient (Wildman–Crippen LogP) is 4.80. The van der Waals surface area contributed by atoms with E-state index in [9.17, 15) is 4.79 Å². The highest BCUT2D eigenvalue weighted by Crippen LogP contribution is 2.32. The highest BCUT2D eigenvalue weighted by Gasteiger charge is 2.25. The van der Waals surface area contributed by atoms with Crippen molar-refractivity contribution >= 4 is 11.6 Å². The van der Waals surface area contributed by atoms with Gasteiger partial charge >= 0.3 is 0 Å². The van der Waals surface area contributed by atoms with Crippen molar-refractivity contribution in [1.82, 2.24) is 0 Å². The summed E-state index contributed by atoms with van der Waals surface area (Å²) in [6.07, 6.45) is 7.95. The fourth-order valence-electron chi connectivity index (χ4n) is 3.48. The van der Waals surface area contributed by atoms with Crippen LogP contribution in [0.2, 0.25) is 0 Å². The number of hydrogen-bond acceptors (Lipinski definition) is 2. The first-order chi connectivity index (χ1) is 10.7. The van der Waals surface area contributed by atoms with Crippen LogP contribution in [0, 0.1) is 11.8 Å². The zero-order valence-electron chi connectivity index (χ0n) is 14.2. The van der Waals surface area contributed by atoms with Crippen LogP contribution in [-0.2, 0) is 11.2 Å². The number of aryl methyl sites for hydroxylation is 1. The van der Waals surface area contributed by atoms with E-state index in [0.717, 1.165) is 36.6 Å². The molecule has 3 nitrogen and oxygen atoms in total. The third-order valence-electron chi connectivity index (χ3n) is 4.85. The molecule has 0 radical (unpaired) electrons. The maximum atomic E-state index is 12.4. The Bertz CT molecular complexity index is 490. The van der Waals surface area contributed by atoms with Crippen LogP contribution in [0.3, 0.4) is 0 Å². The van der Waals surface area contributed by atoms with Crippen LogP contribution in [0.15, 0.2) is 18.2 Å². The average Bonchev–Trinajstić information content (AvgIpc) is 2.55. The van der Waals surface area contributed by atoms with Gasteiger partial charge in [-0.1, -0.05) is 32.8 Å². The number of nitrogens with one attached hydrogen (secondary N) is 1. The van der Waals surface area contributed by atoms with Gasteiger partial charge in [0.05, 0.1) is 7.11 Å². The molecular weight excluding hydrogens is 274 g/mol. The van der Waals surface area contributed by atoms with E-state index in [1.807, 2.05) is 18.2 Å². The van der Waals surface area contributed by atoms with Crippen molar-refractivity contribution in [3.63, 3.8) is 0 Å². The Labute approximate surface area is 134 Å². The smallest absolute Gasteiger partial charge is 0.227 e. The minimum absolute atomic E-state index is 0.168. The maximum Gasteiger partial charge on any atom is 0.227 e. The first-order valence-corrected chi connectivity index (χ1v) is 8.65. The highest BCUT2D eigenvalue weighted by molar-refractivity contribution is 5.92. The Balaban J connectivity index is 1.92. The van der Waals surface area contributed by atoms with E-state index in [2.05, 4.69) is 19.2 Å². The standard InChI is InChI=1S/C19H29NO2/c1-4-6-14-7-9-16(10-8-14)19(21)20-17-12-11-15(5-2)18(13-17)22-3/h11-14,16H,4-10H2,1-3H3,(H,20,21). The van der Waals surface area contributed by atoms with Gasteiger partial charge < -0.3 is 10.1 Å². The van der Waals surface area contributed by atoms with Crippen molar-refractivity contribution in [2.75, 3.05) is 12.4 Å². The number of carbonyl (C=O) groups is 1. The molecule has 122 valence electrons. The second-order valence-electron chi connectivity index (χ2n) is 6.38. The lowest BCUT2D eigenvalue weighted by Crippen LogP contribution is -2.27. The summed E-state index contributed by atoms with van der Waals surface area (Å²) in [6.45, 7) is 4.34. The molecule has 1 amide bonds. The van der Waals surface area contributed by atoms with Gasteiger partial charge in [-0.25, -0.2) is 0 Å². The van der Waals surface area contributed by atoms with Crippen LogP contribution in [0.1, 0.15) is 57.9 Å². The Morgan fingerprint density at radius 3 is 2.55 bits per heavy atom. The average molecular weight is 303 g/mol. The van der Waals surface area contributed by atoms with Crippen LogP contribution in [-0.4, -0.2) is 13.0 Å². The number of carbonyl (C=O) groups excluding carboxylic acids is 1. The van der Waals surface area contributed by atoms with E-state index in [1.54, 1.807) is 7.11 Å². The molecule has 1 aromatic rings. The van der Waals surface area contributed by atoms with Gasteiger partial charge in [0.2, 0.25) is 5.91 Å². The van der Waals surface area contributed by atoms with E-state index >= 15 is 0 Å². The molecule has 1 N–H and O–H groups in total. The van der Waals surface area contributed by atoms with Crippen LogP contribution in [0.25, 0.3) is 0 Å². The number of methoxy groups -OCH3 is 1. The molecule has 2 rings (SSSR count). The second kappa shape index (κ2) is 8.21. The lowest BCUT2D eigenvalue weighted by molar-refractivity contribution is -0.121. The van der Waals surface area contributed by atoms with Gasteiger partial charge in [-0.3, -0.25) is 4.79 Å². The number of hydrogen-bond donors (Lipinski definition) is 1. The largest absolute Gasteiger partial charge is 0.496 e. The molecule has 1 aliphatic rings. The highest BCUT2D eigenvalue weighted by atomic mass is 16.5. The number of benzene rings is 1. The van der Waals surface area contributed by atoms with Crippen LogP contribution < -0.4 is 10.1 Å². The molecule has 1 fully saturated rings. The monoisotopic (exact) mass is 303 g/mol. The molecule has 1 aromatic carbocycles. The van der Waals surface area contributed by atoms with Crippen LogP contribution in [0.5, 0.6) is 5.75 Å². The molecular formula is C19H29NO2. The number of rotatable bonds is 6. The van der Waals surface area contributed by atoms with Crippen LogP contribution in [0.4, 0.5) is 5.69 Å². The number of anilines is 1. The van der Waals surface area contributed by atoms with Crippen molar-refractivity contribution in [1.29, 1.82) is 0 Å². The molecule has 0 spiro atoms. The Hall–Kier alpha value is -1.51. The van der Waals surface area contributed by atoms with Gasteiger partial charge in [-0.15, -0.1) is 0 Å². The molecule has 0 saturated heterocycles. The predicted molar refractivity (Wildman–Crippen MR) is 91.4 cm³/mol. The second-order valence-corrected chi connectivity index (χ2v) is 6.38. The molecule has 0 bridgehead atoms. The van der Waals surface area contributed by atoms with Gasteiger partial charge in [0.1, 0.15) is 5.75 Å². The Morgan fingerprint density at radius 2 is 1.95 bits per heavy atom. The van der Waals surface area contributed by atoms with Gasteiger partial charge in [-0.05, 0) is 49.7 Å². The van der Waals surface area contributed by atoms with Gasteiger partial charge in [0.25, 0.3) is 0 Å². The lowest BCUT2D eigenvalue weighted by Gasteiger charge is -2.27. The summed E-state index contributed by atoms with van der Waals surface area (Å²) in [5, 5.41) is 3.07. The maximum absolute atomic E-state index is 12.4. The fourth-order valence-corrected chi connectivity index (χ4v) is 3.48. The van der Waals surface area contributed by atoms with Gasteiger partial charge in [0.15, 0.2) is 0 Å². The summed E-state index contributed by atoms with van der Waals surface area (Å²) < 4.78 is 5.39. The SMILES string of the molecule is CCCC1CCC(C(=O)Nc2ccc(CC)c(OC)c2)CC1. The number of amides is 1. The summed E-state index contributed by atoms with van der Waals surface area (Å²) in [5.41, 5.74) is 2.01. The van der Waals surface area contributed by atoms with Gasteiger partial charge in [0, 0.05) is 17.7 Å². The van der Waals surface area contributed by atoms with Crippen molar-refractivity contribution in [3.05, 3.63) is 23.8 Å². The van der Waals surface area contributed by atoms with Crippen molar-refractivity contribution < 1.29 is 9.53 Å². The third kappa shape index (κ3) is 4.25. The van der Waals surface area contributed by atoms with E-state index in [4.69, 9.17) is 4.74 Å². The van der Waals surface area contributed by atoms with E-state index in [0.29, 0.717) is 0 Å². The fraction of sp³-hybridized carbons (Fsp3) is 0.632. The van der Waals surface area contributed by atoms with Crippen molar-refractivity contribution in [3.8, 4) is 5.75 Å². The first-order valence-electron chi connectivity index (χ1n) is 8.65.